The minimum atomic E-state index is -0.528. The molecule has 0 aromatic heterocycles. The Bertz CT molecular complexity index is 463. The maximum absolute atomic E-state index is 12.9. The second kappa shape index (κ2) is 5.12. The number of urea groups is 1. The normalized spacial score (nSPS) is 16.2. The lowest BCUT2D eigenvalue weighted by Gasteiger charge is -2.13. The molecule has 98 valence electrons. The molecule has 0 saturated heterocycles. The van der Waals surface area contributed by atoms with Crippen LogP contribution in [-0.2, 0) is 0 Å². The van der Waals surface area contributed by atoms with Crippen LogP contribution in [0.5, 0.6) is 0 Å². The van der Waals surface area contributed by atoms with Crippen molar-refractivity contribution in [1.82, 2.24) is 5.32 Å². The number of halogens is 2. The fourth-order valence-electron chi connectivity index (χ4n) is 1.58. The van der Waals surface area contributed by atoms with E-state index in [-0.39, 0.29) is 17.0 Å². The quantitative estimate of drug-likeness (QED) is 0.788. The summed E-state index contributed by atoms with van der Waals surface area (Å²) in [6.07, 6.45) is 1.85. The average Bonchev–Trinajstić information content (AvgIpc) is 3.12. The van der Waals surface area contributed by atoms with Gasteiger partial charge in [0.2, 0.25) is 0 Å². The standard InChI is InChI=1S/C12H14ClFN2O2/c13-9-5-8(1-2-10(9)14)16-11(18)15-6-12(7-17)3-4-12/h1-2,5,17H,3-4,6-7H2,(H2,15,16,18). The molecule has 2 rings (SSSR count). The first-order valence-corrected chi connectivity index (χ1v) is 6.03. The van der Waals surface area contributed by atoms with Crippen LogP contribution in [0.2, 0.25) is 5.02 Å². The highest BCUT2D eigenvalue weighted by atomic mass is 35.5. The van der Waals surface area contributed by atoms with Crippen molar-refractivity contribution in [2.45, 2.75) is 12.8 Å². The largest absolute Gasteiger partial charge is 0.396 e. The van der Waals surface area contributed by atoms with Gasteiger partial charge in [-0.15, -0.1) is 0 Å². The Kier molecular flexibility index (Phi) is 3.73. The molecule has 6 heteroatoms. The summed E-state index contributed by atoms with van der Waals surface area (Å²) < 4.78 is 12.9. The highest BCUT2D eigenvalue weighted by Gasteiger charge is 2.42. The number of hydrogen-bond acceptors (Lipinski definition) is 2. The first-order chi connectivity index (χ1) is 8.54. The van der Waals surface area contributed by atoms with Crippen LogP contribution in [0.15, 0.2) is 18.2 Å². The first-order valence-electron chi connectivity index (χ1n) is 5.65. The molecule has 1 aliphatic rings. The molecule has 0 unspecified atom stereocenters. The van der Waals surface area contributed by atoms with Crippen LogP contribution < -0.4 is 10.6 Å². The fourth-order valence-corrected chi connectivity index (χ4v) is 1.77. The van der Waals surface area contributed by atoms with Crippen molar-refractivity contribution in [1.29, 1.82) is 0 Å². The number of carbonyl (C=O) groups is 1. The predicted octanol–water partition coefficient (Wildman–Crippen LogP) is 2.37. The van der Waals surface area contributed by atoms with E-state index in [4.69, 9.17) is 16.7 Å². The molecule has 0 atom stereocenters. The summed E-state index contributed by atoms with van der Waals surface area (Å²) in [7, 11) is 0. The smallest absolute Gasteiger partial charge is 0.319 e. The third kappa shape index (κ3) is 3.11. The molecule has 0 spiro atoms. The molecule has 1 aromatic carbocycles. The minimum absolute atomic E-state index is 0.0400. The van der Waals surface area contributed by atoms with Crippen molar-refractivity contribution in [2.24, 2.45) is 5.41 Å². The molecule has 1 aliphatic carbocycles. The number of rotatable bonds is 4. The Morgan fingerprint density at radius 1 is 1.50 bits per heavy atom. The number of benzene rings is 1. The van der Waals surface area contributed by atoms with Gasteiger partial charge in [0.25, 0.3) is 0 Å². The van der Waals surface area contributed by atoms with Gasteiger partial charge in [-0.2, -0.15) is 0 Å². The van der Waals surface area contributed by atoms with E-state index in [1.165, 1.54) is 18.2 Å². The number of nitrogens with one attached hydrogen (secondary N) is 2. The van der Waals surface area contributed by atoms with Crippen LogP contribution in [0.3, 0.4) is 0 Å². The van der Waals surface area contributed by atoms with Crippen molar-refractivity contribution >= 4 is 23.3 Å². The van der Waals surface area contributed by atoms with E-state index < -0.39 is 11.8 Å². The minimum Gasteiger partial charge on any atom is -0.396 e. The molecule has 0 heterocycles. The van der Waals surface area contributed by atoms with Gasteiger partial charge in [0.1, 0.15) is 5.82 Å². The van der Waals surface area contributed by atoms with Crippen LogP contribution in [0.1, 0.15) is 12.8 Å². The van der Waals surface area contributed by atoms with Crippen molar-refractivity contribution in [3.05, 3.63) is 29.0 Å². The lowest BCUT2D eigenvalue weighted by Crippen LogP contribution is -2.35. The SMILES string of the molecule is O=C(NCC1(CO)CC1)Nc1ccc(F)c(Cl)c1. The van der Waals surface area contributed by atoms with Crippen LogP contribution in [0, 0.1) is 11.2 Å². The second-order valence-corrected chi connectivity index (χ2v) is 5.00. The van der Waals surface area contributed by atoms with Crippen molar-refractivity contribution < 1.29 is 14.3 Å². The Morgan fingerprint density at radius 2 is 2.22 bits per heavy atom. The molecule has 0 radical (unpaired) electrons. The Labute approximate surface area is 109 Å². The summed E-state index contributed by atoms with van der Waals surface area (Å²) in [6, 6.07) is 3.57. The number of hydrogen-bond donors (Lipinski definition) is 3. The zero-order valence-electron chi connectivity index (χ0n) is 9.67. The van der Waals surface area contributed by atoms with Crippen LogP contribution >= 0.6 is 11.6 Å². The van der Waals surface area contributed by atoms with Gasteiger partial charge in [-0.25, -0.2) is 9.18 Å². The molecule has 18 heavy (non-hydrogen) atoms. The maximum Gasteiger partial charge on any atom is 0.319 e. The monoisotopic (exact) mass is 272 g/mol. The maximum atomic E-state index is 12.9. The second-order valence-electron chi connectivity index (χ2n) is 4.59. The molecule has 3 N–H and O–H groups in total. The van der Waals surface area contributed by atoms with Crippen molar-refractivity contribution in [3.8, 4) is 0 Å². The molecule has 1 fully saturated rings. The molecule has 4 nitrogen and oxygen atoms in total. The number of carbonyl (C=O) groups excluding carboxylic acids is 1. The fraction of sp³-hybridized carbons (Fsp3) is 0.417. The van der Waals surface area contributed by atoms with Crippen LogP contribution in [-0.4, -0.2) is 24.3 Å². The van der Waals surface area contributed by atoms with Gasteiger partial charge in [-0.05, 0) is 31.0 Å². The Morgan fingerprint density at radius 3 is 2.78 bits per heavy atom. The third-order valence-electron chi connectivity index (χ3n) is 3.09. The van der Waals surface area contributed by atoms with Gasteiger partial charge in [0.05, 0.1) is 11.6 Å². The zero-order valence-corrected chi connectivity index (χ0v) is 10.4. The third-order valence-corrected chi connectivity index (χ3v) is 3.38. The number of aliphatic hydroxyl groups excluding tert-OH is 1. The van der Waals surface area contributed by atoms with E-state index in [0.717, 1.165) is 12.8 Å². The summed E-state index contributed by atoms with van der Waals surface area (Å²) in [6.45, 7) is 0.514. The van der Waals surface area contributed by atoms with Crippen LogP contribution in [0.25, 0.3) is 0 Å². The van der Waals surface area contributed by atoms with E-state index in [2.05, 4.69) is 10.6 Å². The number of anilines is 1. The topological polar surface area (TPSA) is 61.4 Å². The van der Waals surface area contributed by atoms with Gasteiger partial charge in [-0.1, -0.05) is 11.6 Å². The summed E-state index contributed by atoms with van der Waals surface area (Å²) in [4.78, 5) is 11.6. The van der Waals surface area contributed by atoms with E-state index in [0.29, 0.717) is 12.2 Å². The summed E-state index contributed by atoms with van der Waals surface area (Å²) in [5, 5.41) is 14.3. The number of aliphatic hydroxyl groups is 1. The van der Waals surface area contributed by atoms with E-state index in [1.807, 2.05) is 0 Å². The Balaban J connectivity index is 1.85. The highest BCUT2D eigenvalue weighted by molar-refractivity contribution is 6.31. The molecule has 0 bridgehead atoms. The molecular formula is C12H14ClFN2O2. The molecule has 0 aliphatic heterocycles. The van der Waals surface area contributed by atoms with Gasteiger partial charge in [-0.3, -0.25) is 0 Å². The summed E-state index contributed by atoms with van der Waals surface area (Å²) >= 11 is 5.60. The average molecular weight is 273 g/mol. The Hall–Kier alpha value is -1.33. The van der Waals surface area contributed by atoms with Crippen molar-refractivity contribution in [2.75, 3.05) is 18.5 Å². The number of amides is 2. The van der Waals surface area contributed by atoms with E-state index in [1.54, 1.807) is 0 Å². The highest BCUT2D eigenvalue weighted by Crippen LogP contribution is 2.44. The molecule has 2 amide bonds. The van der Waals surface area contributed by atoms with Gasteiger partial charge < -0.3 is 15.7 Å². The van der Waals surface area contributed by atoms with Gasteiger partial charge in [0.15, 0.2) is 0 Å². The van der Waals surface area contributed by atoms with Gasteiger partial charge in [0, 0.05) is 17.6 Å². The molecule has 1 saturated carbocycles. The van der Waals surface area contributed by atoms with Crippen molar-refractivity contribution in [3.63, 3.8) is 0 Å². The summed E-state index contributed by atoms with van der Waals surface area (Å²) in [5.74, 6) is -0.528. The lowest BCUT2D eigenvalue weighted by atomic mass is 10.1. The predicted molar refractivity (Wildman–Crippen MR) is 67.2 cm³/mol. The first kappa shape index (κ1) is 13.1. The zero-order chi connectivity index (χ0) is 13.2. The molecular weight excluding hydrogens is 259 g/mol. The van der Waals surface area contributed by atoms with E-state index >= 15 is 0 Å². The van der Waals surface area contributed by atoms with Gasteiger partial charge >= 0.3 is 6.03 Å². The van der Waals surface area contributed by atoms with Crippen LogP contribution in [0.4, 0.5) is 14.9 Å². The molecule has 1 aromatic rings. The lowest BCUT2D eigenvalue weighted by molar-refractivity contribution is 0.206. The van der Waals surface area contributed by atoms with E-state index in [9.17, 15) is 9.18 Å². The summed E-state index contributed by atoms with van der Waals surface area (Å²) in [5.41, 5.74) is 0.283.